The van der Waals surface area contributed by atoms with Gasteiger partial charge in [-0.3, -0.25) is 0 Å². The van der Waals surface area contributed by atoms with Crippen molar-refractivity contribution in [2.75, 3.05) is 0 Å². The van der Waals surface area contributed by atoms with E-state index in [0.717, 1.165) is 16.7 Å². The molecule has 2 N–H and O–H groups in total. The van der Waals surface area contributed by atoms with Crippen LogP contribution in [0.1, 0.15) is 22.3 Å². The van der Waals surface area contributed by atoms with Gasteiger partial charge in [0.25, 0.3) is 0 Å². The number of fused-ring (bicyclic) bond motifs is 1. The number of hydrogen-bond acceptors (Lipinski definition) is 2. The number of alkyl halides is 1. The number of nitrogens with two attached hydrogens (primary N) is 1. The van der Waals surface area contributed by atoms with Gasteiger partial charge in [0.2, 0.25) is 0 Å². The molecule has 0 bridgehead atoms. The summed E-state index contributed by atoms with van der Waals surface area (Å²) in [5.41, 5.74) is 8.19. The predicted molar refractivity (Wildman–Crippen MR) is 71.2 cm³/mol. The Balaban J connectivity index is 2.18. The first-order chi connectivity index (χ1) is 9.16. The van der Waals surface area contributed by atoms with Gasteiger partial charge in [0.15, 0.2) is 0 Å². The highest BCUT2D eigenvalue weighted by Crippen LogP contribution is 2.42. The minimum Gasteiger partial charge on any atom is -0.315 e. The lowest BCUT2D eigenvalue weighted by Gasteiger charge is -2.28. The molecule has 2 atom stereocenters. The lowest BCUT2D eigenvalue weighted by Crippen LogP contribution is -2.43. The van der Waals surface area contributed by atoms with Crippen LogP contribution in [0.2, 0.25) is 0 Å². The van der Waals surface area contributed by atoms with Crippen LogP contribution in [-0.4, -0.2) is 6.17 Å². The third kappa shape index (κ3) is 1.65. The summed E-state index contributed by atoms with van der Waals surface area (Å²) in [7, 11) is 0. The molecule has 0 amide bonds. The molecule has 1 aliphatic carbocycles. The van der Waals surface area contributed by atoms with Crippen LogP contribution in [0, 0.1) is 11.3 Å². The molecule has 2 nitrogen and oxygen atoms in total. The molecule has 0 aromatic heterocycles. The lowest BCUT2D eigenvalue weighted by molar-refractivity contribution is 0.244. The fraction of sp³-hybridized carbons (Fsp3) is 0.188. The van der Waals surface area contributed by atoms with Gasteiger partial charge in [0.1, 0.15) is 6.17 Å². The third-order valence-electron chi connectivity index (χ3n) is 3.82. The van der Waals surface area contributed by atoms with Crippen molar-refractivity contribution >= 4 is 0 Å². The average molecular weight is 252 g/mol. The van der Waals surface area contributed by atoms with E-state index in [1.54, 1.807) is 18.2 Å². The summed E-state index contributed by atoms with van der Waals surface area (Å²) in [6.07, 6.45) is -0.908. The average Bonchev–Trinajstić information content (AvgIpc) is 2.72. The fourth-order valence-corrected chi connectivity index (χ4v) is 2.81. The highest BCUT2D eigenvalue weighted by molar-refractivity contribution is 5.51. The zero-order valence-corrected chi connectivity index (χ0v) is 10.3. The Hall–Kier alpha value is -2.18. The largest absolute Gasteiger partial charge is 0.315 e. The molecule has 0 spiro atoms. The molecule has 0 saturated carbocycles. The summed E-state index contributed by atoms with van der Waals surface area (Å²) in [4.78, 5) is 0. The van der Waals surface area contributed by atoms with Gasteiger partial charge < -0.3 is 5.73 Å². The molecule has 3 rings (SSSR count). The molecule has 94 valence electrons. The zero-order chi connectivity index (χ0) is 13.5. The predicted octanol–water partition coefficient (Wildman–Crippen LogP) is 2.65. The first-order valence-corrected chi connectivity index (χ1v) is 6.18. The monoisotopic (exact) mass is 252 g/mol. The van der Waals surface area contributed by atoms with Gasteiger partial charge >= 0.3 is 0 Å². The van der Waals surface area contributed by atoms with E-state index in [2.05, 4.69) is 6.07 Å². The van der Waals surface area contributed by atoms with Crippen LogP contribution in [0.5, 0.6) is 0 Å². The lowest BCUT2D eigenvalue weighted by atomic mass is 9.84. The molecule has 19 heavy (non-hydrogen) atoms. The Morgan fingerprint density at radius 3 is 2.63 bits per heavy atom. The minimum atomic E-state index is -1.17. The highest BCUT2D eigenvalue weighted by atomic mass is 19.1. The van der Waals surface area contributed by atoms with E-state index in [9.17, 15) is 4.39 Å². The number of benzene rings is 2. The summed E-state index contributed by atoms with van der Waals surface area (Å²) in [6.45, 7) is 0. The van der Waals surface area contributed by atoms with Crippen LogP contribution in [0.25, 0.3) is 0 Å². The van der Waals surface area contributed by atoms with Crippen molar-refractivity contribution in [3.8, 4) is 6.07 Å². The maximum Gasteiger partial charge on any atom is 0.130 e. The second-order valence-corrected chi connectivity index (χ2v) is 4.89. The van der Waals surface area contributed by atoms with Crippen LogP contribution >= 0.6 is 0 Å². The van der Waals surface area contributed by atoms with E-state index in [4.69, 9.17) is 11.0 Å². The van der Waals surface area contributed by atoms with E-state index < -0.39 is 11.7 Å². The molecule has 2 aromatic carbocycles. The third-order valence-corrected chi connectivity index (χ3v) is 3.82. The molecule has 2 unspecified atom stereocenters. The Morgan fingerprint density at radius 1 is 1.21 bits per heavy atom. The van der Waals surface area contributed by atoms with Crippen LogP contribution in [0.3, 0.4) is 0 Å². The van der Waals surface area contributed by atoms with Gasteiger partial charge in [-0.1, -0.05) is 36.4 Å². The second kappa shape index (κ2) is 4.18. The summed E-state index contributed by atoms with van der Waals surface area (Å²) in [5.74, 6) is 0. The van der Waals surface area contributed by atoms with Gasteiger partial charge in [-0.05, 0) is 28.8 Å². The van der Waals surface area contributed by atoms with Crippen molar-refractivity contribution in [1.29, 1.82) is 5.26 Å². The normalized spacial score (nSPS) is 24.8. The second-order valence-electron chi connectivity index (χ2n) is 4.89. The number of rotatable bonds is 1. The van der Waals surface area contributed by atoms with Gasteiger partial charge in [-0.2, -0.15) is 5.26 Å². The molecule has 0 aliphatic heterocycles. The van der Waals surface area contributed by atoms with Crippen molar-refractivity contribution in [3.63, 3.8) is 0 Å². The molecular formula is C16H13FN2. The number of nitrogens with zero attached hydrogens (tertiary/aromatic N) is 1. The Morgan fingerprint density at radius 2 is 1.95 bits per heavy atom. The molecule has 0 saturated heterocycles. The quantitative estimate of drug-likeness (QED) is 0.848. The van der Waals surface area contributed by atoms with Gasteiger partial charge in [0, 0.05) is 6.42 Å². The van der Waals surface area contributed by atoms with Gasteiger partial charge in [-0.25, -0.2) is 4.39 Å². The SMILES string of the molecule is N#Cc1ccc2c(c1)CC(F)C2(N)c1ccccc1. The maximum atomic E-state index is 14.5. The van der Waals surface area contributed by atoms with E-state index in [0.29, 0.717) is 5.56 Å². The maximum absolute atomic E-state index is 14.5. The van der Waals surface area contributed by atoms with Gasteiger partial charge in [0.05, 0.1) is 17.2 Å². The zero-order valence-electron chi connectivity index (χ0n) is 10.3. The first-order valence-electron chi connectivity index (χ1n) is 6.18. The van der Waals surface area contributed by atoms with Crippen molar-refractivity contribution in [1.82, 2.24) is 0 Å². The summed E-state index contributed by atoms with van der Waals surface area (Å²) >= 11 is 0. The van der Waals surface area contributed by atoms with Crippen molar-refractivity contribution < 1.29 is 4.39 Å². The molecule has 3 heteroatoms. The minimum absolute atomic E-state index is 0.260. The van der Waals surface area contributed by atoms with E-state index in [1.807, 2.05) is 30.3 Å². The Kier molecular flexibility index (Phi) is 2.62. The van der Waals surface area contributed by atoms with E-state index in [-0.39, 0.29) is 6.42 Å². The van der Waals surface area contributed by atoms with Crippen LogP contribution in [0.4, 0.5) is 4.39 Å². The number of nitriles is 1. The van der Waals surface area contributed by atoms with Crippen molar-refractivity contribution in [2.45, 2.75) is 18.1 Å². The van der Waals surface area contributed by atoms with Gasteiger partial charge in [-0.15, -0.1) is 0 Å². The summed E-state index contributed by atoms with van der Waals surface area (Å²) < 4.78 is 14.5. The number of hydrogen-bond donors (Lipinski definition) is 1. The fourth-order valence-electron chi connectivity index (χ4n) is 2.81. The molecule has 0 fully saturated rings. The van der Waals surface area contributed by atoms with Crippen molar-refractivity contribution in [3.05, 3.63) is 70.8 Å². The molecule has 2 aromatic rings. The topological polar surface area (TPSA) is 49.8 Å². The molecule has 0 radical (unpaired) electrons. The van der Waals surface area contributed by atoms with Crippen LogP contribution in [0.15, 0.2) is 48.5 Å². The Bertz CT molecular complexity index is 660. The number of halogens is 1. The highest BCUT2D eigenvalue weighted by Gasteiger charge is 2.45. The van der Waals surface area contributed by atoms with Crippen molar-refractivity contribution in [2.24, 2.45) is 5.73 Å². The molecule has 0 heterocycles. The standard InChI is InChI=1S/C16H13FN2/c17-15-9-12-8-11(10-18)6-7-14(12)16(15,19)13-4-2-1-3-5-13/h1-8,15H,9,19H2. The molecular weight excluding hydrogens is 239 g/mol. The first kappa shape index (κ1) is 11.9. The smallest absolute Gasteiger partial charge is 0.130 e. The molecule has 1 aliphatic rings. The van der Waals surface area contributed by atoms with E-state index >= 15 is 0 Å². The van der Waals surface area contributed by atoms with E-state index in [1.165, 1.54) is 0 Å². The summed E-state index contributed by atoms with van der Waals surface area (Å²) in [6, 6.07) is 16.6. The Labute approximate surface area is 111 Å². The van der Waals surface area contributed by atoms with Crippen LogP contribution < -0.4 is 5.73 Å². The summed E-state index contributed by atoms with van der Waals surface area (Å²) in [5, 5.41) is 8.91. The van der Waals surface area contributed by atoms with Crippen LogP contribution in [-0.2, 0) is 12.0 Å².